The first-order valence-electron chi connectivity index (χ1n) is 9.41. The fourth-order valence-electron chi connectivity index (χ4n) is 3.25. The number of hydrogen-bond donors (Lipinski definition) is 0. The average Bonchev–Trinajstić information content (AvgIpc) is 2.72. The van der Waals surface area contributed by atoms with Crippen molar-refractivity contribution in [1.82, 2.24) is 0 Å². The molecule has 0 saturated heterocycles. The summed E-state index contributed by atoms with van der Waals surface area (Å²) in [7, 11) is 0. The van der Waals surface area contributed by atoms with Crippen LogP contribution in [0.3, 0.4) is 0 Å². The van der Waals surface area contributed by atoms with Crippen LogP contribution in [0.4, 0.5) is 0 Å². The van der Waals surface area contributed by atoms with Gasteiger partial charge in [0.25, 0.3) is 0 Å². The minimum absolute atomic E-state index is 0.479. The average molecular weight is 360 g/mol. The summed E-state index contributed by atoms with van der Waals surface area (Å²) in [4.78, 5) is 0. The Hall–Kier alpha value is -2.94. The van der Waals surface area contributed by atoms with Crippen molar-refractivity contribution in [3.8, 4) is 17.2 Å². The molecule has 0 radical (unpaired) electrons. The van der Waals surface area contributed by atoms with Crippen molar-refractivity contribution >= 4 is 0 Å². The number of benzene rings is 3. The van der Waals surface area contributed by atoms with E-state index in [0.717, 1.165) is 47.0 Å². The van der Waals surface area contributed by atoms with Crippen LogP contribution in [0, 0.1) is 5.92 Å². The van der Waals surface area contributed by atoms with Crippen molar-refractivity contribution in [3.63, 3.8) is 0 Å². The molecule has 1 unspecified atom stereocenters. The second kappa shape index (κ2) is 8.17. The molecule has 0 bridgehead atoms. The van der Waals surface area contributed by atoms with Crippen LogP contribution in [0.1, 0.15) is 23.6 Å². The molecule has 3 heteroatoms. The maximum atomic E-state index is 6.17. The highest BCUT2D eigenvalue weighted by Crippen LogP contribution is 2.39. The molecule has 0 N–H and O–H groups in total. The zero-order chi connectivity index (χ0) is 18.5. The Balaban J connectivity index is 1.55. The third-order valence-corrected chi connectivity index (χ3v) is 4.70. The van der Waals surface area contributed by atoms with E-state index in [4.69, 9.17) is 14.2 Å². The second-order valence-corrected chi connectivity index (χ2v) is 7.07. The first kappa shape index (κ1) is 17.5. The summed E-state index contributed by atoms with van der Waals surface area (Å²) in [5, 5.41) is 0. The maximum absolute atomic E-state index is 6.17. The summed E-state index contributed by atoms with van der Waals surface area (Å²) >= 11 is 0. The molecule has 0 aromatic heterocycles. The van der Waals surface area contributed by atoms with Crippen molar-refractivity contribution in [1.29, 1.82) is 0 Å². The predicted molar refractivity (Wildman–Crippen MR) is 106 cm³/mol. The van der Waals surface area contributed by atoms with Crippen LogP contribution in [-0.4, -0.2) is 6.61 Å². The molecule has 3 aromatic carbocycles. The first-order valence-corrected chi connectivity index (χ1v) is 9.41. The molecule has 0 aliphatic carbocycles. The molecule has 3 nitrogen and oxygen atoms in total. The third-order valence-electron chi connectivity index (χ3n) is 4.70. The van der Waals surface area contributed by atoms with Crippen molar-refractivity contribution in [2.45, 2.75) is 26.6 Å². The van der Waals surface area contributed by atoms with Gasteiger partial charge in [0.05, 0.1) is 6.61 Å². The highest BCUT2D eigenvalue weighted by atomic mass is 16.5. The summed E-state index contributed by atoms with van der Waals surface area (Å²) in [6, 6.07) is 24.3. The summed E-state index contributed by atoms with van der Waals surface area (Å²) in [5.74, 6) is 2.98. The molecule has 3 aromatic rings. The lowest BCUT2D eigenvalue weighted by atomic mass is 9.97. The Morgan fingerprint density at radius 1 is 0.852 bits per heavy atom. The summed E-state index contributed by atoms with van der Waals surface area (Å²) in [5.41, 5.74) is 3.42. The van der Waals surface area contributed by atoms with Gasteiger partial charge in [-0.2, -0.15) is 0 Å². The monoisotopic (exact) mass is 360 g/mol. The van der Waals surface area contributed by atoms with E-state index in [9.17, 15) is 0 Å². The number of rotatable bonds is 6. The molecule has 1 atom stereocenters. The molecule has 4 rings (SSSR count). The van der Waals surface area contributed by atoms with Crippen LogP contribution in [0.2, 0.25) is 0 Å². The van der Waals surface area contributed by atoms with Crippen molar-refractivity contribution in [3.05, 3.63) is 89.5 Å². The number of fused-ring (bicyclic) bond motifs is 1. The number of ether oxygens (including phenoxy) is 3. The molecule has 1 aliphatic rings. The van der Waals surface area contributed by atoms with Crippen molar-refractivity contribution in [2.75, 3.05) is 6.61 Å². The van der Waals surface area contributed by atoms with Gasteiger partial charge < -0.3 is 14.2 Å². The van der Waals surface area contributed by atoms with Gasteiger partial charge in [-0.1, -0.05) is 67.6 Å². The second-order valence-electron chi connectivity index (χ2n) is 7.07. The molecule has 0 saturated carbocycles. The van der Waals surface area contributed by atoms with E-state index in [0.29, 0.717) is 19.1 Å². The molecular weight excluding hydrogens is 336 g/mol. The standard InChI is InChI=1S/C24H24O3/c1-18-12-22-23(26-15-18)13-21(25-16-19-8-4-2-5-9-19)14-24(22)27-17-20-10-6-3-7-11-20/h2-11,13-14,18H,12,15-17H2,1H3. The molecular formula is C24H24O3. The van der Waals surface area contributed by atoms with Crippen LogP contribution in [0.5, 0.6) is 17.2 Å². The zero-order valence-corrected chi connectivity index (χ0v) is 15.6. The van der Waals surface area contributed by atoms with Crippen LogP contribution >= 0.6 is 0 Å². The Kier molecular flexibility index (Phi) is 5.29. The van der Waals surface area contributed by atoms with Gasteiger partial charge >= 0.3 is 0 Å². The first-order chi connectivity index (χ1) is 13.3. The normalized spacial score (nSPS) is 15.5. The molecule has 1 aliphatic heterocycles. The SMILES string of the molecule is CC1COc2cc(OCc3ccccc3)cc(OCc3ccccc3)c2C1. The largest absolute Gasteiger partial charge is 0.493 e. The molecule has 27 heavy (non-hydrogen) atoms. The Labute approximate surface area is 160 Å². The van der Waals surface area contributed by atoms with Crippen molar-refractivity contribution in [2.24, 2.45) is 5.92 Å². The van der Waals surface area contributed by atoms with Gasteiger partial charge in [-0.15, -0.1) is 0 Å². The van der Waals surface area contributed by atoms with E-state index >= 15 is 0 Å². The van der Waals surface area contributed by atoms with Crippen molar-refractivity contribution < 1.29 is 14.2 Å². The van der Waals surface area contributed by atoms with E-state index in [1.54, 1.807) is 0 Å². The highest BCUT2D eigenvalue weighted by molar-refractivity contribution is 5.52. The van der Waals surface area contributed by atoms with Gasteiger partial charge in [0.1, 0.15) is 30.5 Å². The van der Waals surface area contributed by atoms with Gasteiger partial charge in [0.2, 0.25) is 0 Å². The van der Waals surface area contributed by atoms with Crippen LogP contribution in [0.15, 0.2) is 72.8 Å². The highest BCUT2D eigenvalue weighted by Gasteiger charge is 2.22. The fourth-order valence-corrected chi connectivity index (χ4v) is 3.25. The van der Waals surface area contributed by atoms with Gasteiger partial charge in [0, 0.05) is 17.7 Å². The third kappa shape index (κ3) is 4.43. The predicted octanol–water partition coefficient (Wildman–Crippen LogP) is 5.42. The molecule has 1 heterocycles. The smallest absolute Gasteiger partial charge is 0.130 e. The minimum atomic E-state index is 0.479. The Morgan fingerprint density at radius 3 is 2.15 bits per heavy atom. The molecule has 138 valence electrons. The Bertz CT molecular complexity index is 875. The summed E-state index contributed by atoms with van der Waals surface area (Å²) in [6.45, 7) is 3.98. The van der Waals surface area contributed by atoms with E-state index in [1.165, 1.54) is 0 Å². The Morgan fingerprint density at radius 2 is 1.48 bits per heavy atom. The maximum Gasteiger partial charge on any atom is 0.130 e. The van der Waals surface area contributed by atoms with Crippen LogP contribution in [0.25, 0.3) is 0 Å². The van der Waals surface area contributed by atoms with Crippen LogP contribution in [-0.2, 0) is 19.6 Å². The molecule has 0 spiro atoms. The van der Waals surface area contributed by atoms with Gasteiger partial charge in [-0.05, 0) is 23.5 Å². The van der Waals surface area contributed by atoms with Gasteiger partial charge in [-0.25, -0.2) is 0 Å². The van der Waals surface area contributed by atoms with E-state index in [2.05, 4.69) is 31.2 Å². The van der Waals surface area contributed by atoms with E-state index in [1.807, 2.05) is 48.5 Å². The lowest BCUT2D eigenvalue weighted by molar-refractivity contribution is 0.220. The molecule has 0 fully saturated rings. The number of hydrogen-bond acceptors (Lipinski definition) is 3. The van der Waals surface area contributed by atoms with E-state index in [-0.39, 0.29) is 0 Å². The topological polar surface area (TPSA) is 27.7 Å². The van der Waals surface area contributed by atoms with Gasteiger partial charge in [0.15, 0.2) is 0 Å². The summed E-state index contributed by atoms with van der Waals surface area (Å²) in [6.07, 6.45) is 0.957. The fraction of sp³-hybridized carbons (Fsp3) is 0.250. The summed E-state index contributed by atoms with van der Waals surface area (Å²) < 4.78 is 18.2. The molecule has 0 amide bonds. The quantitative estimate of drug-likeness (QED) is 0.588. The van der Waals surface area contributed by atoms with E-state index < -0.39 is 0 Å². The lowest BCUT2D eigenvalue weighted by Crippen LogP contribution is -2.19. The lowest BCUT2D eigenvalue weighted by Gasteiger charge is -2.25. The van der Waals surface area contributed by atoms with Gasteiger partial charge in [-0.3, -0.25) is 0 Å². The van der Waals surface area contributed by atoms with Crippen LogP contribution < -0.4 is 14.2 Å². The minimum Gasteiger partial charge on any atom is -0.493 e. The zero-order valence-electron chi connectivity index (χ0n) is 15.6.